The van der Waals surface area contributed by atoms with Crippen LogP contribution in [0.2, 0.25) is 0 Å². The predicted octanol–water partition coefficient (Wildman–Crippen LogP) is 2.56. The van der Waals surface area contributed by atoms with Crippen molar-refractivity contribution in [1.29, 1.82) is 0 Å². The molecular weight excluding hydrogens is 177 g/mol. The maximum atomic E-state index is 12.9. The van der Waals surface area contributed by atoms with Gasteiger partial charge in [-0.25, -0.2) is 9.37 Å². The molecule has 2 nitrogen and oxygen atoms in total. The highest BCUT2D eigenvalue weighted by molar-refractivity contribution is 7.80. The number of aromatic nitrogens is 1. The Bertz CT molecular complexity index is 399. The van der Waals surface area contributed by atoms with Gasteiger partial charge in [-0.2, -0.15) is 0 Å². The molecule has 0 aliphatic heterocycles. The van der Waals surface area contributed by atoms with Gasteiger partial charge in [0, 0.05) is 17.9 Å². The van der Waals surface area contributed by atoms with Crippen molar-refractivity contribution in [2.24, 2.45) is 0 Å². The number of benzene rings is 1. The van der Waals surface area contributed by atoms with Crippen molar-refractivity contribution < 1.29 is 8.81 Å². The third kappa shape index (κ3) is 1.08. The minimum absolute atomic E-state index is 0.288. The zero-order chi connectivity index (χ0) is 8.72. The molecule has 2 rings (SSSR count). The van der Waals surface area contributed by atoms with Gasteiger partial charge in [0.05, 0.1) is 0 Å². The van der Waals surface area contributed by atoms with E-state index in [0.29, 0.717) is 17.0 Å². The SMILES string of the molecule is Cc1nc2cc(S)c(F)cc2o1. The summed E-state index contributed by atoms with van der Waals surface area (Å²) in [7, 11) is 0. The summed E-state index contributed by atoms with van der Waals surface area (Å²) < 4.78 is 18.0. The molecule has 0 saturated carbocycles. The zero-order valence-corrected chi connectivity index (χ0v) is 7.23. The smallest absolute Gasteiger partial charge is 0.192 e. The Morgan fingerprint density at radius 2 is 2.25 bits per heavy atom. The van der Waals surface area contributed by atoms with Gasteiger partial charge < -0.3 is 4.42 Å². The van der Waals surface area contributed by atoms with Gasteiger partial charge in [-0.05, 0) is 6.07 Å². The number of nitrogens with zero attached hydrogens (tertiary/aromatic N) is 1. The van der Waals surface area contributed by atoms with Crippen LogP contribution in [0.1, 0.15) is 5.89 Å². The van der Waals surface area contributed by atoms with Crippen LogP contribution in [0.25, 0.3) is 11.1 Å². The first kappa shape index (κ1) is 7.61. The number of fused-ring (bicyclic) bond motifs is 1. The highest BCUT2D eigenvalue weighted by Crippen LogP contribution is 2.21. The number of thiol groups is 1. The Balaban J connectivity index is 2.83. The zero-order valence-electron chi connectivity index (χ0n) is 6.34. The van der Waals surface area contributed by atoms with Gasteiger partial charge in [0.2, 0.25) is 0 Å². The summed E-state index contributed by atoms with van der Waals surface area (Å²) in [6, 6.07) is 2.84. The molecule has 0 N–H and O–H groups in total. The number of rotatable bonds is 0. The molecule has 0 amide bonds. The average molecular weight is 183 g/mol. The fourth-order valence-electron chi connectivity index (χ4n) is 1.05. The van der Waals surface area contributed by atoms with Crippen molar-refractivity contribution >= 4 is 23.7 Å². The Labute approximate surface area is 73.8 Å². The second kappa shape index (κ2) is 2.48. The second-order valence-corrected chi connectivity index (χ2v) is 2.99. The summed E-state index contributed by atoms with van der Waals surface area (Å²) in [6.07, 6.45) is 0. The normalized spacial score (nSPS) is 10.9. The Hall–Kier alpha value is -1.03. The van der Waals surface area contributed by atoms with Gasteiger partial charge in [-0.1, -0.05) is 0 Å². The average Bonchev–Trinajstić information content (AvgIpc) is 2.30. The maximum Gasteiger partial charge on any atom is 0.192 e. The first-order chi connectivity index (χ1) is 5.66. The molecule has 1 aromatic heterocycles. The van der Waals surface area contributed by atoms with Crippen LogP contribution in [0, 0.1) is 12.7 Å². The highest BCUT2D eigenvalue weighted by atomic mass is 32.1. The summed E-state index contributed by atoms with van der Waals surface area (Å²) in [4.78, 5) is 4.32. The van der Waals surface area contributed by atoms with Crippen LogP contribution < -0.4 is 0 Å². The first-order valence-corrected chi connectivity index (χ1v) is 3.87. The predicted molar refractivity (Wildman–Crippen MR) is 46.0 cm³/mol. The third-order valence-electron chi connectivity index (χ3n) is 1.56. The van der Waals surface area contributed by atoms with Gasteiger partial charge >= 0.3 is 0 Å². The topological polar surface area (TPSA) is 26.0 Å². The molecule has 0 aliphatic rings. The summed E-state index contributed by atoms with van der Waals surface area (Å²) in [5, 5.41) is 0. The van der Waals surface area contributed by atoms with Crippen LogP contribution in [-0.4, -0.2) is 4.98 Å². The monoisotopic (exact) mass is 183 g/mol. The van der Waals surface area contributed by atoms with E-state index in [1.54, 1.807) is 13.0 Å². The van der Waals surface area contributed by atoms with E-state index < -0.39 is 0 Å². The molecule has 0 unspecified atom stereocenters. The Kier molecular flexibility index (Phi) is 1.58. The first-order valence-electron chi connectivity index (χ1n) is 3.42. The van der Waals surface area contributed by atoms with Gasteiger partial charge in [0.25, 0.3) is 0 Å². The van der Waals surface area contributed by atoms with E-state index in [0.717, 1.165) is 0 Å². The summed E-state index contributed by atoms with van der Waals surface area (Å²) in [5.74, 6) is 0.144. The lowest BCUT2D eigenvalue weighted by molar-refractivity contribution is 0.553. The minimum Gasteiger partial charge on any atom is -0.441 e. The quantitative estimate of drug-likeness (QED) is 0.635. The minimum atomic E-state index is -0.387. The lowest BCUT2D eigenvalue weighted by Crippen LogP contribution is -1.76. The molecule has 0 fully saturated rings. The van der Waals surface area contributed by atoms with Crippen molar-refractivity contribution in [2.45, 2.75) is 11.8 Å². The van der Waals surface area contributed by atoms with Crippen molar-refractivity contribution in [3.8, 4) is 0 Å². The summed E-state index contributed by atoms with van der Waals surface area (Å²) in [6.45, 7) is 1.72. The molecule has 0 spiro atoms. The van der Waals surface area contributed by atoms with E-state index in [1.165, 1.54) is 6.07 Å². The molecule has 4 heteroatoms. The van der Waals surface area contributed by atoms with Gasteiger partial charge in [0.1, 0.15) is 11.3 Å². The van der Waals surface area contributed by atoms with Gasteiger partial charge in [0.15, 0.2) is 11.5 Å². The van der Waals surface area contributed by atoms with Crippen molar-refractivity contribution in [3.63, 3.8) is 0 Å². The fourth-order valence-corrected chi connectivity index (χ4v) is 1.24. The number of halogens is 1. The Morgan fingerprint density at radius 3 is 3.00 bits per heavy atom. The van der Waals surface area contributed by atoms with Crippen LogP contribution in [0.3, 0.4) is 0 Å². The van der Waals surface area contributed by atoms with E-state index in [1.807, 2.05) is 0 Å². The number of hydrogen-bond donors (Lipinski definition) is 1. The number of oxazole rings is 1. The molecule has 1 heterocycles. The molecule has 12 heavy (non-hydrogen) atoms. The molecule has 0 saturated heterocycles. The second-order valence-electron chi connectivity index (χ2n) is 2.50. The highest BCUT2D eigenvalue weighted by Gasteiger charge is 2.06. The van der Waals surface area contributed by atoms with Crippen LogP contribution in [0.4, 0.5) is 4.39 Å². The molecule has 0 bridgehead atoms. The Morgan fingerprint density at radius 1 is 1.50 bits per heavy atom. The number of aryl methyl sites for hydroxylation is 1. The molecule has 1 aromatic carbocycles. The third-order valence-corrected chi connectivity index (χ3v) is 1.91. The molecule has 0 aliphatic carbocycles. The van der Waals surface area contributed by atoms with Crippen molar-refractivity contribution in [2.75, 3.05) is 0 Å². The lowest BCUT2D eigenvalue weighted by Gasteiger charge is -1.91. The van der Waals surface area contributed by atoms with Gasteiger partial charge in [-0.15, -0.1) is 12.6 Å². The van der Waals surface area contributed by atoms with Crippen molar-refractivity contribution in [1.82, 2.24) is 4.98 Å². The van der Waals surface area contributed by atoms with Crippen LogP contribution in [0.5, 0.6) is 0 Å². The van der Waals surface area contributed by atoms with E-state index in [2.05, 4.69) is 17.6 Å². The molecule has 62 valence electrons. The summed E-state index contributed by atoms with van der Waals surface area (Å²) in [5.41, 5.74) is 1.10. The van der Waals surface area contributed by atoms with E-state index in [4.69, 9.17) is 4.42 Å². The van der Waals surface area contributed by atoms with Crippen LogP contribution >= 0.6 is 12.6 Å². The van der Waals surface area contributed by atoms with Crippen LogP contribution in [-0.2, 0) is 0 Å². The largest absolute Gasteiger partial charge is 0.441 e. The van der Waals surface area contributed by atoms with Crippen molar-refractivity contribution in [3.05, 3.63) is 23.8 Å². The standard InChI is InChI=1S/C8H6FNOS/c1-4-10-6-3-8(12)5(9)2-7(6)11-4/h2-3,12H,1H3. The lowest BCUT2D eigenvalue weighted by atomic mass is 10.3. The molecule has 0 atom stereocenters. The van der Waals surface area contributed by atoms with E-state index in [9.17, 15) is 4.39 Å². The fraction of sp³-hybridized carbons (Fsp3) is 0.125. The maximum absolute atomic E-state index is 12.9. The summed E-state index contributed by atoms with van der Waals surface area (Å²) >= 11 is 3.93. The van der Waals surface area contributed by atoms with Gasteiger partial charge in [-0.3, -0.25) is 0 Å². The van der Waals surface area contributed by atoms with E-state index >= 15 is 0 Å². The molecule has 0 radical (unpaired) electrons. The molecular formula is C8H6FNOS. The number of hydrogen-bond acceptors (Lipinski definition) is 3. The molecule has 2 aromatic rings. The van der Waals surface area contributed by atoms with Crippen LogP contribution in [0.15, 0.2) is 21.4 Å². The van der Waals surface area contributed by atoms with E-state index in [-0.39, 0.29) is 10.7 Å².